The summed E-state index contributed by atoms with van der Waals surface area (Å²) < 4.78 is 0. The molecule has 2 heteroatoms. The van der Waals surface area contributed by atoms with Crippen molar-refractivity contribution < 1.29 is 0 Å². The van der Waals surface area contributed by atoms with Crippen LogP contribution in [0.5, 0.6) is 0 Å². The predicted molar refractivity (Wildman–Crippen MR) is 71.1 cm³/mol. The van der Waals surface area contributed by atoms with Crippen LogP contribution < -0.4 is 0 Å². The van der Waals surface area contributed by atoms with Gasteiger partial charge in [0.1, 0.15) is 0 Å². The van der Waals surface area contributed by atoms with E-state index in [9.17, 15) is 0 Å². The van der Waals surface area contributed by atoms with Crippen LogP contribution >= 0.6 is 0 Å². The third-order valence-corrected chi connectivity index (χ3v) is 4.30. The first-order valence-corrected chi connectivity index (χ1v) is 6.76. The van der Waals surface area contributed by atoms with Crippen LogP contribution in [0.4, 0.5) is 0 Å². The van der Waals surface area contributed by atoms with E-state index in [0.717, 1.165) is 11.8 Å². The summed E-state index contributed by atoms with van der Waals surface area (Å²) in [5.74, 6) is 1.88. The van der Waals surface area contributed by atoms with Crippen LogP contribution in [0.2, 0.25) is 0 Å². The molecule has 0 aliphatic carbocycles. The van der Waals surface area contributed by atoms with E-state index in [2.05, 4.69) is 47.2 Å². The summed E-state index contributed by atoms with van der Waals surface area (Å²) in [7, 11) is 2.26. The maximum Gasteiger partial charge on any atom is 0.00258 e. The molecule has 0 aromatic heterocycles. The maximum atomic E-state index is 2.66. The minimum atomic E-state index is 0.941. The molecule has 17 heavy (non-hydrogen) atoms. The Kier molecular flexibility index (Phi) is 3.17. The molecule has 0 amide bonds. The lowest BCUT2D eigenvalue weighted by atomic mass is 10.0. The molecule has 2 nitrogen and oxygen atoms in total. The van der Waals surface area contributed by atoms with Crippen molar-refractivity contribution in [3.63, 3.8) is 0 Å². The second-order valence-corrected chi connectivity index (χ2v) is 5.74. The van der Waals surface area contributed by atoms with Crippen molar-refractivity contribution in [2.75, 3.05) is 39.8 Å². The first-order chi connectivity index (χ1) is 8.31. The molecule has 2 saturated heterocycles. The highest BCUT2D eigenvalue weighted by Crippen LogP contribution is 2.29. The van der Waals surface area contributed by atoms with Gasteiger partial charge in [0.05, 0.1) is 0 Å². The molecular formula is C15H22N2. The highest BCUT2D eigenvalue weighted by molar-refractivity contribution is 5.15. The monoisotopic (exact) mass is 230 g/mol. The van der Waals surface area contributed by atoms with E-state index in [1.54, 1.807) is 0 Å². The van der Waals surface area contributed by atoms with Gasteiger partial charge in [-0.05, 0) is 30.9 Å². The Hall–Kier alpha value is -0.860. The average molecular weight is 230 g/mol. The number of fused-ring (bicyclic) bond motifs is 1. The minimum Gasteiger partial charge on any atom is -0.306 e. The lowest BCUT2D eigenvalue weighted by Gasteiger charge is -2.18. The van der Waals surface area contributed by atoms with Crippen molar-refractivity contribution in [1.29, 1.82) is 0 Å². The Morgan fingerprint density at radius 2 is 1.65 bits per heavy atom. The first-order valence-electron chi connectivity index (χ1n) is 6.76. The minimum absolute atomic E-state index is 0.941. The molecule has 0 unspecified atom stereocenters. The fraction of sp³-hybridized carbons (Fsp3) is 0.600. The van der Waals surface area contributed by atoms with E-state index < -0.39 is 0 Å². The van der Waals surface area contributed by atoms with Crippen LogP contribution in [0.25, 0.3) is 0 Å². The maximum absolute atomic E-state index is 2.66. The average Bonchev–Trinajstić information content (AvgIpc) is 2.84. The molecular weight excluding hydrogens is 208 g/mol. The molecule has 2 aliphatic rings. The Bertz CT molecular complexity index is 348. The van der Waals surface area contributed by atoms with Crippen molar-refractivity contribution in [1.82, 2.24) is 9.80 Å². The third-order valence-electron chi connectivity index (χ3n) is 4.30. The van der Waals surface area contributed by atoms with Gasteiger partial charge in [-0.3, -0.25) is 0 Å². The molecule has 1 aromatic carbocycles. The van der Waals surface area contributed by atoms with Gasteiger partial charge in [-0.1, -0.05) is 30.3 Å². The molecule has 0 bridgehead atoms. The fourth-order valence-electron chi connectivity index (χ4n) is 3.44. The molecule has 2 aliphatic heterocycles. The van der Waals surface area contributed by atoms with Crippen LogP contribution in [-0.4, -0.2) is 49.6 Å². The van der Waals surface area contributed by atoms with Gasteiger partial charge in [-0.2, -0.15) is 0 Å². The van der Waals surface area contributed by atoms with Crippen LogP contribution in [0.1, 0.15) is 5.56 Å². The molecule has 0 radical (unpaired) electrons. The highest BCUT2D eigenvalue weighted by Gasteiger charge is 2.38. The quantitative estimate of drug-likeness (QED) is 0.780. The third kappa shape index (κ3) is 2.53. The van der Waals surface area contributed by atoms with E-state index in [4.69, 9.17) is 0 Å². The second kappa shape index (κ2) is 4.79. The van der Waals surface area contributed by atoms with E-state index >= 15 is 0 Å². The normalized spacial score (nSPS) is 29.7. The summed E-state index contributed by atoms with van der Waals surface area (Å²) in [6.07, 6.45) is 1.20. The Balaban J connectivity index is 1.49. The van der Waals surface area contributed by atoms with E-state index in [-0.39, 0.29) is 0 Å². The lowest BCUT2D eigenvalue weighted by molar-refractivity contribution is 0.281. The zero-order valence-electron chi connectivity index (χ0n) is 10.7. The molecule has 2 atom stereocenters. The van der Waals surface area contributed by atoms with E-state index in [1.165, 1.54) is 44.7 Å². The number of likely N-dealkylation sites (tertiary alicyclic amines) is 2. The highest BCUT2D eigenvalue weighted by atomic mass is 15.2. The van der Waals surface area contributed by atoms with E-state index in [0.29, 0.717) is 0 Å². The van der Waals surface area contributed by atoms with Crippen LogP contribution in [0.3, 0.4) is 0 Å². The van der Waals surface area contributed by atoms with Crippen molar-refractivity contribution in [2.24, 2.45) is 11.8 Å². The summed E-state index contributed by atoms with van der Waals surface area (Å²) in [5, 5.41) is 0. The molecule has 0 spiro atoms. The number of rotatable bonds is 3. The van der Waals surface area contributed by atoms with Gasteiger partial charge in [0.25, 0.3) is 0 Å². The molecule has 0 N–H and O–H groups in total. The zero-order valence-corrected chi connectivity index (χ0v) is 10.7. The van der Waals surface area contributed by atoms with Gasteiger partial charge in [0.15, 0.2) is 0 Å². The molecule has 2 fully saturated rings. The topological polar surface area (TPSA) is 6.48 Å². The predicted octanol–water partition coefficient (Wildman–Crippen LogP) is 1.72. The standard InChI is InChI=1S/C15H22N2/c1-16-9-14-11-17(12-15(14)10-16)8-7-13-5-3-2-4-6-13/h2-6,14-15H,7-12H2,1H3/t14-,15+. The molecule has 1 aromatic rings. The Labute approximate surface area is 104 Å². The van der Waals surface area contributed by atoms with Crippen molar-refractivity contribution >= 4 is 0 Å². The molecule has 0 saturated carbocycles. The van der Waals surface area contributed by atoms with Crippen LogP contribution in [0, 0.1) is 11.8 Å². The summed E-state index contributed by atoms with van der Waals surface area (Å²) in [4.78, 5) is 5.15. The summed E-state index contributed by atoms with van der Waals surface area (Å²) in [5.41, 5.74) is 1.47. The Morgan fingerprint density at radius 3 is 2.29 bits per heavy atom. The van der Waals surface area contributed by atoms with Crippen LogP contribution in [-0.2, 0) is 6.42 Å². The largest absolute Gasteiger partial charge is 0.306 e. The van der Waals surface area contributed by atoms with E-state index in [1.807, 2.05) is 0 Å². The van der Waals surface area contributed by atoms with Crippen molar-refractivity contribution in [3.05, 3.63) is 35.9 Å². The van der Waals surface area contributed by atoms with Gasteiger partial charge in [0, 0.05) is 32.7 Å². The second-order valence-electron chi connectivity index (χ2n) is 5.74. The van der Waals surface area contributed by atoms with Gasteiger partial charge in [0.2, 0.25) is 0 Å². The van der Waals surface area contributed by atoms with Gasteiger partial charge >= 0.3 is 0 Å². The zero-order chi connectivity index (χ0) is 11.7. The number of nitrogens with zero attached hydrogens (tertiary/aromatic N) is 2. The number of benzene rings is 1. The lowest BCUT2D eigenvalue weighted by Crippen LogP contribution is -2.28. The molecule has 92 valence electrons. The van der Waals surface area contributed by atoms with Crippen molar-refractivity contribution in [3.8, 4) is 0 Å². The van der Waals surface area contributed by atoms with Crippen molar-refractivity contribution in [2.45, 2.75) is 6.42 Å². The smallest absolute Gasteiger partial charge is 0.00258 e. The molecule has 3 rings (SSSR count). The summed E-state index contributed by atoms with van der Waals surface area (Å²) in [6, 6.07) is 10.9. The first kappa shape index (κ1) is 11.2. The van der Waals surface area contributed by atoms with Gasteiger partial charge < -0.3 is 9.80 Å². The number of hydrogen-bond donors (Lipinski definition) is 0. The number of hydrogen-bond acceptors (Lipinski definition) is 2. The Morgan fingerprint density at radius 1 is 1.00 bits per heavy atom. The van der Waals surface area contributed by atoms with Gasteiger partial charge in [-0.15, -0.1) is 0 Å². The summed E-state index contributed by atoms with van der Waals surface area (Å²) >= 11 is 0. The fourth-order valence-corrected chi connectivity index (χ4v) is 3.44. The summed E-state index contributed by atoms with van der Waals surface area (Å²) in [6.45, 7) is 6.50. The SMILES string of the molecule is CN1C[C@@H]2CN(CCc3ccccc3)C[C@@H]2C1. The van der Waals surface area contributed by atoms with Crippen LogP contribution in [0.15, 0.2) is 30.3 Å². The van der Waals surface area contributed by atoms with Gasteiger partial charge in [-0.25, -0.2) is 0 Å². The molecule has 2 heterocycles.